The molecule has 1 atom stereocenters. The SMILES string of the molecule is CCCC(C)Oc1cc(-n2nc(CC)n(C)c2=O)c(F)cc1C(=O)Nc1ccc(CC)cc1. The van der Waals surface area contributed by atoms with Gasteiger partial charge in [0.05, 0.1) is 11.7 Å². The summed E-state index contributed by atoms with van der Waals surface area (Å²) < 4.78 is 23.6. The van der Waals surface area contributed by atoms with E-state index in [4.69, 9.17) is 4.74 Å². The van der Waals surface area contributed by atoms with Crippen molar-refractivity contribution < 1.29 is 13.9 Å². The predicted octanol–water partition coefficient (Wildman–Crippen LogP) is 4.65. The molecule has 0 bridgehead atoms. The van der Waals surface area contributed by atoms with Gasteiger partial charge in [-0.15, -0.1) is 5.10 Å². The highest BCUT2D eigenvalue weighted by atomic mass is 19.1. The lowest BCUT2D eigenvalue weighted by Crippen LogP contribution is -2.24. The van der Waals surface area contributed by atoms with E-state index in [0.717, 1.165) is 35.6 Å². The lowest BCUT2D eigenvalue weighted by atomic mass is 10.1. The smallest absolute Gasteiger partial charge is 0.350 e. The van der Waals surface area contributed by atoms with Crippen LogP contribution in [0.4, 0.5) is 10.1 Å². The molecule has 8 heteroatoms. The van der Waals surface area contributed by atoms with E-state index in [-0.39, 0.29) is 23.1 Å². The van der Waals surface area contributed by atoms with Crippen molar-refractivity contribution in [1.29, 1.82) is 0 Å². The summed E-state index contributed by atoms with van der Waals surface area (Å²) in [6, 6.07) is 9.96. The monoisotopic (exact) mass is 454 g/mol. The fourth-order valence-corrected chi connectivity index (χ4v) is 3.63. The summed E-state index contributed by atoms with van der Waals surface area (Å²) in [6.07, 6.45) is 2.86. The molecule has 0 radical (unpaired) electrons. The van der Waals surface area contributed by atoms with Gasteiger partial charge in [-0.05, 0) is 43.5 Å². The Morgan fingerprint density at radius 2 is 1.85 bits per heavy atom. The van der Waals surface area contributed by atoms with Crippen molar-refractivity contribution in [3.05, 3.63) is 69.7 Å². The van der Waals surface area contributed by atoms with Crippen LogP contribution in [0.1, 0.15) is 62.3 Å². The van der Waals surface area contributed by atoms with Gasteiger partial charge in [0.2, 0.25) is 0 Å². The van der Waals surface area contributed by atoms with Gasteiger partial charge in [-0.1, -0.05) is 39.3 Å². The summed E-state index contributed by atoms with van der Waals surface area (Å²) in [5.41, 5.74) is 1.28. The number of aryl methyl sites for hydroxylation is 2. The minimum absolute atomic E-state index is 0.0541. The second-order valence-electron chi connectivity index (χ2n) is 8.04. The second-order valence-corrected chi connectivity index (χ2v) is 8.04. The first-order valence-corrected chi connectivity index (χ1v) is 11.3. The molecule has 176 valence electrons. The average Bonchev–Trinajstić information content (AvgIpc) is 3.09. The second kappa shape index (κ2) is 10.5. The molecule has 1 unspecified atom stereocenters. The maximum absolute atomic E-state index is 15.2. The van der Waals surface area contributed by atoms with Crippen molar-refractivity contribution in [1.82, 2.24) is 14.3 Å². The van der Waals surface area contributed by atoms with E-state index in [2.05, 4.69) is 17.3 Å². The number of aromatic nitrogens is 3. The number of halogens is 1. The fraction of sp³-hybridized carbons (Fsp3) is 0.400. The van der Waals surface area contributed by atoms with E-state index >= 15 is 4.39 Å². The average molecular weight is 455 g/mol. The first-order valence-electron chi connectivity index (χ1n) is 11.3. The molecule has 0 spiro atoms. The summed E-state index contributed by atoms with van der Waals surface area (Å²) in [5.74, 6) is -0.505. The molecule has 0 aliphatic heterocycles. The van der Waals surface area contributed by atoms with Gasteiger partial charge < -0.3 is 10.1 Å². The van der Waals surface area contributed by atoms with E-state index in [0.29, 0.717) is 17.9 Å². The molecule has 7 nitrogen and oxygen atoms in total. The zero-order chi connectivity index (χ0) is 24.1. The fourth-order valence-electron chi connectivity index (χ4n) is 3.63. The normalized spacial score (nSPS) is 11.9. The van der Waals surface area contributed by atoms with Crippen molar-refractivity contribution in [2.75, 3.05) is 5.32 Å². The number of nitrogens with zero attached hydrogens (tertiary/aromatic N) is 3. The van der Waals surface area contributed by atoms with Crippen LogP contribution in [0.25, 0.3) is 5.69 Å². The Labute approximate surface area is 193 Å². The van der Waals surface area contributed by atoms with E-state index in [9.17, 15) is 9.59 Å². The molecule has 0 saturated heterocycles. The van der Waals surface area contributed by atoms with Crippen LogP contribution >= 0.6 is 0 Å². The highest BCUT2D eigenvalue weighted by Gasteiger charge is 2.22. The Morgan fingerprint density at radius 1 is 1.15 bits per heavy atom. The predicted molar refractivity (Wildman–Crippen MR) is 127 cm³/mol. The first-order chi connectivity index (χ1) is 15.8. The molecule has 0 aliphatic rings. The number of carbonyl (C=O) groups excluding carboxylic acids is 1. The summed E-state index contributed by atoms with van der Waals surface area (Å²) in [7, 11) is 1.59. The molecule has 0 saturated carbocycles. The standard InChI is InChI=1S/C25H31FN4O3/c1-6-9-16(4)33-22-15-21(30-25(32)29(5)23(8-3)28-30)20(26)14-19(22)24(31)27-18-12-10-17(7-2)11-13-18/h10-16H,6-9H2,1-5H3,(H,27,31). The molecule has 1 amide bonds. The Kier molecular flexibility index (Phi) is 7.68. The van der Waals surface area contributed by atoms with Gasteiger partial charge in [0, 0.05) is 25.2 Å². The number of hydrogen-bond donors (Lipinski definition) is 1. The zero-order valence-electron chi connectivity index (χ0n) is 19.8. The maximum Gasteiger partial charge on any atom is 0.350 e. The van der Waals surface area contributed by atoms with E-state index in [1.807, 2.05) is 32.9 Å². The van der Waals surface area contributed by atoms with Crippen LogP contribution in [0.5, 0.6) is 5.75 Å². The quantitative estimate of drug-likeness (QED) is 0.510. The van der Waals surface area contributed by atoms with Gasteiger partial charge in [0.25, 0.3) is 5.91 Å². The molecule has 2 aromatic carbocycles. The molecule has 3 aromatic rings. The number of anilines is 1. The van der Waals surface area contributed by atoms with Gasteiger partial charge in [-0.3, -0.25) is 9.36 Å². The number of ether oxygens (including phenoxy) is 1. The van der Waals surface area contributed by atoms with Crippen LogP contribution in [0, 0.1) is 5.82 Å². The number of hydrogen-bond acceptors (Lipinski definition) is 4. The summed E-state index contributed by atoms with van der Waals surface area (Å²) >= 11 is 0. The Hall–Kier alpha value is -3.42. The van der Waals surface area contributed by atoms with E-state index < -0.39 is 17.4 Å². The van der Waals surface area contributed by atoms with Gasteiger partial charge >= 0.3 is 5.69 Å². The number of benzene rings is 2. The highest BCUT2D eigenvalue weighted by Crippen LogP contribution is 2.28. The zero-order valence-corrected chi connectivity index (χ0v) is 19.8. The molecule has 1 N–H and O–H groups in total. The third-order valence-electron chi connectivity index (χ3n) is 5.55. The van der Waals surface area contributed by atoms with Crippen molar-refractivity contribution in [3.63, 3.8) is 0 Å². The molecule has 1 heterocycles. The van der Waals surface area contributed by atoms with Crippen molar-refractivity contribution >= 4 is 11.6 Å². The highest BCUT2D eigenvalue weighted by molar-refractivity contribution is 6.06. The molecular formula is C25H31FN4O3. The molecule has 0 fully saturated rings. The van der Waals surface area contributed by atoms with E-state index in [1.165, 1.54) is 10.6 Å². The van der Waals surface area contributed by atoms with Crippen LogP contribution < -0.4 is 15.7 Å². The molecular weight excluding hydrogens is 423 g/mol. The van der Waals surface area contributed by atoms with Crippen LogP contribution in [0.2, 0.25) is 0 Å². The molecule has 33 heavy (non-hydrogen) atoms. The Morgan fingerprint density at radius 3 is 2.42 bits per heavy atom. The lowest BCUT2D eigenvalue weighted by molar-refractivity contribution is 0.101. The van der Waals surface area contributed by atoms with Crippen LogP contribution in [-0.2, 0) is 19.9 Å². The van der Waals surface area contributed by atoms with Crippen LogP contribution in [0.15, 0.2) is 41.2 Å². The molecule has 1 aromatic heterocycles. The van der Waals surface area contributed by atoms with Gasteiger partial charge in [0.1, 0.15) is 23.1 Å². The maximum atomic E-state index is 15.2. The first kappa shape index (κ1) is 24.2. The third kappa shape index (κ3) is 5.32. The number of nitrogens with one attached hydrogen (secondary N) is 1. The van der Waals surface area contributed by atoms with E-state index in [1.54, 1.807) is 19.2 Å². The summed E-state index contributed by atoms with van der Waals surface area (Å²) in [6.45, 7) is 7.84. The lowest BCUT2D eigenvalue weighted by Gasteiger charge is -2.18. The minimum atomic E-state index is -0.736. The molecule has 3 rings (SSSR count). The van der Waals surface area contributed by atoms with Crippen LogP contribution in [-0.4, -0.2) is 26.4 Å². The van der Waals surface area contributed by atoms with Gasteiger partial charge in [-0.2, -0.15) is 4.68 Å². The Balaban J connectivity index is 2.04. The Bertz CT molecular complexity index is 1180. The number of rotatable bonds is 9. The van der Waals surface area contributed by atoms with Gasteiger partial charge in [-0.25, -0.2) is 9.18 Å². The van der Waals surface area contributed by atoms with Crippen molar-refractivity contribution in [2.24, 2.45) is 7.05 Å². The number of carbonyl (C=O) groups is 1. The molecule has 0 aliphatic carbocycles. The van der Waals surface area contributed by atoms with Crippen molar-refractivity contribution in [2.45, 2.75) is 59.5 Å². The van der Waals surface area contributed by atoms with Crippen LogP contribution in [0.3, 0.4) is 0 Å². The number of amides is 1. The third-order valence-corrected chi connectivity index (χ3v) is 5.55. The topological polar surface area (TPSA) is 78.2 Å². The summed E-state index contributed by atoms with van der Waals surface area (Å²) in [4.78, 5) is 25.7. The minimum Gasteiger partial charge on any atom is -0.490 e. The van der Waals surface area contributed by atoms with Crippen molar-refractivity contribution in [3.8, 4) is 11.4 Å². The largest absolute Gasteiger partial charge is 0.490 e. The van der Waals surface area contributed by atoms with Gasteiger partial charge in [0.15, 0.2) is 0 Å². The summed E-state index contributed by atoms with van der Waals surface area (Å²) in [5, 5.41) is 7.05.